The molecule has 3 heterocycles. The van der Waals surface area contributed by atoms with E-state index in [9.17, 15) is 8.42 Å². The van der Waals surface area contributed by atoms with E-state index in [0.29, 0.717) is 25.7 Å². The molecule has 1 saturated heterocycles. The van der Waals surface area contributed by atoms with E-state index in [1.165, 1.54) is 0 Å². The van der Waals surface area contributed by atoms with Crippen LogP contribution in [0.3, 0.4) is 0 Å². The van der Waals surface area contributed by atoms with Gasteiger partial charge in [0.2, 0.25) is 10.0 Å². The average Bonchev–Trinajstić information content (AvgIpc) is 3.10. The molecule has 0 spiro atoms. The molecule has 0 saturated carbocycles. The van der Waals surface area contributed by atoms with Gasteiger partial charge in [0.15, 0.2) is 0 Å². The van der Waals surface area contributed by atoms with Gasteiger partial charge in [-0.15, -0.1) is 11.3 Å². The molecule has 0 radical (unpaired) electrons. The van der Waals surface area contributed by atoms with Crippen molar-refractivity contribution in [3.8, 4) is 10.7 Å². The minimum atomic E-state index is -3.05. The number of nitrogens with zero attached hydrogens (tertiary/aromatic N) is 3. The van der Waals surface area contributed by atoms with E-state index in [2.05, 4.69) is 15.3 Å². The van der Waals surface area contributed by atoms with Crippen molar-refractivity contribution in [2.75, 3.05) is 18.8 Å². The Hall–Kier alpha value is -1.35. The zero-order valence-corrected chi connectivity index (χ0v) is 15.3. The fourth-order valence-electron chi connectivity index (χ4n) is 2.76. The number of sulfonamides is 1. The smallest absolute Gasteiger partial charge is 0.213 e. The number of piperidine rings is 1. The number of rotatable bonds is 6. The summed E-state index contributed by atoms with van der Waals surface area (Å²) in [7, 11) is -3.05. The molecule has 0 unspecified atom stereocenters. The van der Waals surface area contributed by atoms with E-state index in [4.69, 9.17) is 0 Å². The fraction of sp³-hybridized carbons (Fsp3) is 0.500. The first-order chi connectivity index (χ1) is 11.6. The van der Waals surface area contributed by atoms with Crippen LogP contribution < -0.4 is 5.32 Å². The monoisotopic (exact) mass is 366 g/mol. The lowest BCUT2D eigenvalue weighted by molar-refractivity contribution is 0.288. The van der Waals surface area contributed by atoms with Crippen LogP contribution in [0.4, 0.5) is 0 Å². The van der Waals surface area contributed by atoms with Crippen LogP contribution >= 0.6 is 11.3 Å². The van der Waals surface area contributed by atoms with Crippen LogP contribution in [0.2, 0.25) is 0 Å². The number of nitrogens with one attached hydrogen (secondary N) is 1. The van der Waals surface area contributed by atoms with Crippen molar-refractivity contribution < 1.29 is 8.42 Å². The normalized spacial score (nSPS) is 17.2. The first-order valence-electron chi connectivity index (χ1n) is 8.15. The van der Waals surface area contributed by atoms with Crippen molar-refractivity contribution in [2.24, 2.45) is 0 Å². The van der Waals surface area contributed by atoms with Crippen LogP contribution in [0.1, 0.15) is 25.5 Å². The predicted octanol–water partition coefficient (Wildman–Crippen LogP) is 2.11. The van der Waals surface area contributed by atoms with E-state index in [1.807, 2.05) is 23.6 Å². The number of hydrogen-bond donors (Lipinski definition) is 1. The Bertz CT molecular complexity index is 753. The molecule has 1 aliphatic heterocycles. The van der Waals surface area contributed by atoms with Crippen molar-refractivity contribution in [1.29, 1.82) is 0 Å². The molecule has 6 nitrogen and oxygen atoms in total. The highest BCUT2D eigenvalue weighted by atomic mass is 32.2. The molecule has 1 N–H and O–H groups in total. The minimum absolute atomic E-state index is 0.181. The van der Waals surface area contributed by atoms with Gasteiger partial charge in [-0.1, -0.05) is 6.07 Å². The number of thiazole rings is 1. The molecule has 2 aromatic heterocycles. The average molecular weight is 367 g/mol. The molecule has 8 heteroatoms. The van der Waals surface area contributed by atoms with Gasteiger partial charge in [0.25, 0.3) is 0 Å². The van der Waals surface area contributed by atoms with Gasteiger partial charge in [0.05, 0.1) is 17.1 Å². The molecule has 0 atom stereocenters. The predicted molar refractivity (Wildman–Crippen MR) is 96.2 cm³/mol. The van der Waals surface area contributed by atoms with Crippen LogP contribution in [0.25, 0.3) is 10.7 Å². The second-order valence-electron chi connectivity index (χ2n) is 5.81. The lowest BCUT2D eigenvalue weighted by Crippen LogP contribution is -2.45. The largest absolute Gasteiger partial charge is 0.308 e. The van der Waals surface area contributed by atoms with E-state index < -0.39 is 10.0 Å². The molecule has 1 fully saturated rings. The summed E-state index contributed by atoms with van der Waals surface area (Å²) in [6.07, 6.45) is 3.46. The minimum Gasteiger partial charge on any atom is -0.308 e. The second kappa shape index (κ2) is 7.69. The zero-order chi connectivity index (χ0) is 17.0. The van der Waals surface area contributed by atoms with Gasteiger partial charge >= 0.3 is 0 Å². The third-order valence-corrected chi connectivity index (χ3v) is 7.01. The van der Waals surface area contributed by atoms with Gasteiger partial charge < -0.3 is 5.32 Å². The van der Waals surface area contributed by atoms with Crippen molar-refractivity contribution in [2.45, 2.75) is 32.4 Å². The summed E-state index contributed by atoms with van der Waals surface area (Å²) >= 11 is 1.59. The van der Waals surface area contributed by atoms with Crippen molar-refractivity contribution >= 4 is 21.4 Å². The Kier molecular flexibility index (Phi) is 5.60. The SMILES string of the molecule is CCS(=O)(=O)N1CCC(NCc2csc(-c3ccccn3)n2)CC1. The summed E-state index contributed by atoms with van der Waals surface area (Å²) in [4.78, 5) is 8.94. The summed E-state index contributed by atoms with van der Waals surface area (Å²) in [5, 5.41) is 6.47. The molecule has 3 rings (SSSR count). The van der Waals surface area contributed by atoms with Crippen LogP contribution in [0.15, 0.2) is 29.8 Å². The highest BCUT2D eigenvalue weighted by Gasteiger charge is 2.26. The van der Waals surface area contributed by atoms with Gasteiger partial charge in [-0.2, -0.15) is 0 Å². The lowest BCUT2D eigenvalue weighted by Gasteiger charge is -2.31. The topological polar surface area (TPSA) is 75.2 Å². The third kappa shape index (κ3) is 4.18. The van der Waals surface area contributed by atoms with Gasteiger partial charge in [0, 0.05) is 37.3 Å². The van der Waals surface area contributed by atoms with Crippen LogP contribution in [-0.4, -0.2) is 47.6 Å². The van der Waals surface area contributed by atoms with Crippen molar-refractivity contribution in [3.63, 3.8) is 0 Å². The third-order valence-electron chi connectivity index (χ3n) is 4.22. The highest BCUT2D eigenvalue weighted by molar-refractivity contribution is 7.89. The molecular weight excluding hydrogens is 344 g/mol. The Morgan fingerprint density at radius 1 is 1.33 bits per heavy atom. The fourth-order valence-corrected chi connectivity index (χ4v) is 4.69. The molecule has 2 aromatic rings. The Morgan fingerprint density at radius 3 is 2.79 bits per heavy atom. The summed E-state index contributed by atoms with van der Waals surface area (Å²) in [6, 6.07) is 6.15. The highest BCUT2D eigenvalue weighted by Crippen LogP contribution is 2.21. The molecule has 1 aliphatic rings. The number of aromatic nitrogens is 2. The standard InChI is InChI=1S/C16H22N4O2S2/c1-2-24(21,22)20-9-6-13(7-10-20)18-11-14-12-23-16(19-14)15-5-3-4-8-17-15/h3-5,8,12-13,18H,2,6-7,9-11H2,1H3. The lowest BCUT2D eigenvalue weighted by atomic mass is 10.1. The van der Waals surface area contributed by atoms with Gasteiger partial charge in [-0.3, -0.25) is 4.98 Å². The van der Waals surface area contributed by atoms with Crippen LogP contribution in [-0.2, 0) is 16.6 Å². The molecule has 0 aromatic carbocycles. The maximum absolute atomic E-state index is 11.9. The Morgan fingerprint density at radius 2 is 2.12 bits per heavy atom. The molecule has 0 amide bonds. The molecule has 24 heavy (non-hydrogen) atoms. The molecule has 130 valence electrons. The van der Waals surface area contributed by atoms with Gasteiger partial charge in [0.1, 0.15) is 5.01 Å². The summed E-state index contributed by atoms with van der Waals surface area (Å²) in [6.45, 7) is 3.60. The van der Waals surface area contributed by atoms with E-state index in [0.717, 1.165) is 29.2 Å². The number of pyridine rings is 1. The van der Waals surface area contributed by atoms with E-state index in [-0.39, 0.29) is 5.75 Å². The first kappa shape index (κ1) is 17.5. The zero-order valence-electron chi connectivity index (χ0n) is 13.7. The summed E-state index contributed by atoms with van der Waals surface area (Å²) in [5.74, 6) is 0.181. The number of hydrogen-bond acceptors (Lipinski definition) is 6. The summed E-state index contributed by atoms with van der Waals surface area (Å²) in [5.41, 5.74) is 1.90. The first-order valence-corrected chi connectivity index (χ1v) is 10.6. The van der Waals surface area contributed by atoms with E-state index >= 15 is 0 Å². The Balaban J connectivity index is 1.50. The molecule has 0 bridgehead atoms. The van der Waals surface area contributed by atoms with Crippen LogP contribution in [0.5, 0.6) is 0 Å². The van der Waals surface area contributed by atoms with Gasteiger partial charge in [-0.25, -0.2) is 17.7 Å². The maximum atomic E-state index is 11.9. The van der Waals surface area contributed by atoms with Crippen molar-refractivity contribution in [1.82, 2.24) is 19.6 Å². The second-order valence-corrected chi connectivity index (χ2v) is 8.93. The van der Waals surface area contributed by atoms with Crippen molar-refractivity contribution in [3.05, 3.63) is 35.5 Å². The van der Waals surface area contributed by atoms with Gasteiger partial charge in [-0.05, 0) is 31.9 Å². The van der Waals surface area contributed by atoms with E-state index in [1.54, 1.807) is 28.8 Å². The molecule has 0 aliphatic carbocycles. The Labute approximate surface area is 147 Å². The summed E-state index contributed by atoms with van der Waals surface area (Å²) < 4.78 is 25.3. The van der Waals surface area contributed by atoms with Crippen LogP contribution in [0, 0.1) is 0 Å². The molecular formula is C16H22N4O2S2. The quantitative estimate of drug-likeness (QED) is 0.847. The maximum Gasteiger partial charge on any atom is 0.213 e.